The van der Waals surface area contributed by atoms with Crippen LogP contribution in [-0.4, -0.2) is 6.04 Å². The first-order valence-electron chi connectivity index (χ1n) is 6.33. The molecule has 1 aliphatic carbocycles. The van der Waals surface area contributed by atoms with Crippen molar-refractivity contribution < 1.29 is 0 Å². The summed E-state index contributed by atoms with van der Waals surface area (Å²) in [7, 11) is 0. The zero-order chi connectivity index (χ0) is 12.5. The number of fused-ring (bicyclic) bond motifs is 1. The Kier molecular flexibility index (Phi) is 3.11. The molecule has 2 aromatic carbocycles. The Balaban J connectivity index is 2.04. The van der Waals surface area contributed by atoms with Crippen molar-refractivity contribution in [3.05, 3.63) is 70.2 Å². The molecule has 0 amide bonds. The highest BCUT2D eigenvalue weighted by atomic mass is 35.5. The summed E-state index contributed by atoms with van der Waals surface area (Å²) in [6.07, 6.45) is 2.00. The van der Waals surface area contributed by atoms with Crippen LogP contribution in [0.15, 0.2) is 48.5 Å². The van der Waals surface area contributed by atoms with Crippen molar-refractivity contribution in [2.24, 2.45) is 5.73 Å². The van der Waals surface area contributed by atoms with Gasteiger partial charge in [0.25, 0.3) is 0 Å². The summed E-state index contributed by atoms with van der Waals surface area (Å²) in [5, 5.41) is 0.784. The minimum atomic E-state index is 0.251. The first-order chi connectivity index (χ1) is 8.74. The molecule has 0 fully saturated rings. The number of hydrogen-bond acceptors (Lipinski definition) is 1. The van der Waals surface area contributed by atoms with E-state index in [-0.39, 0.29) is 6.04 Å². The van der Waals surface area contributed by atoms with Crippen LogP contribution in [-0.2, 0) is 6.42 Å². The summed E-state index contributed by atoms with van der Waals surface area (Å²) in [6.45, 7) is 0. The van der Waals surface area contributed by atoms with Gasteiger partial charge in [-0.1, -0.05) is 48.0 Å². The molecule has 3 rings (SSSR count). The van der Waals surface area contributed by atoms with Crippen LogP contribution in [0.25, 0.3) is 0 Å². The van der Waals surface area contributed by atoms with Crippen molar-refractivity contribution in [1.29, 1.82) is 0 Å². The van der Waals surface area contributed by atoms with Crippen molar-refractivity contribution in [3.63, 3.8) is 0 Å². The maximum absolute atomic E-state index is 6.18. The van der Waals surface area contributed by atoms with Gasteiger partial charge in [-0.05, 0) is 41.7 Å². The van der Waals surface area contributed by atoms with E-state index >= 15 is 0 Å². The van der Waals surface area contributed by atoms with Crippen molar-refractivity contribution >= 4 is 11.6 Å². The number of halogens is 1. The molecule has 0 saturated carbocycles. The molecular weight excluding hydrogens is 242 g/mol. The lowest BCUT2D eigenvalue weighted by Gasteiger charge is -2.30. The van der Waals surface area contributed by atoms with Gasteiger partial charge in [0.05, 0.1) is 0 Å². The van der Waals surface area contributed by atoms with Crippen molar-refractivity contribution in [1.82, 2.24) is 0 Å². The smallest absolute Gasteiger partial charge is 0.0406 e. The van der Waals surface area contributed by atoms with E-state index in [9.17, 15) is 0 Å². The second kappa shape index (κ2) is 4.75. The minimum Gasteiger partial charge on any atom is -0.327 e. The second-order valence-corrected chi connectivity index (χ2v) is 5.44. The second-order valence-electron chi connectivity index (χ2n) is 5.00. The van der Waals surface area contributed by atoms with Crippen molar-refractivity contribution in [2.75, 3.05) is 0 Å². The lowest BCUT2D eigenvalue weighted by molar-refractivity contribution is 0.531. The van der Waals surface area contributed by atoms with Crippen molar-refractivity contribution in [3.8, 4) is 0 Å². The molecule has 0 aliphatic heterocycles. The van der Waals surface area contributed by atoms with Gasteiger partial charge in [-0.3, -0.25) is 0 Å². The highest BCUT2D eigenvalue weighted by molar-refractivity contribution is 6.30. The lowest BCUT2D eigenvalue weighted by Crippen LogP contribution is -2.30. The number of rotatable bonds is 1. The number of hydrogen-bond donors (Lipinski definition) is 1. The zero-order valence-corrected chi connectivity index (χ0v) is 10.9. The molecule has 0 heterocycles. The predicted molar refractivity (Wildman–Crippen MR) is 76.0 cm³/mol. The van der Waals surface area contributed by atoms with Crippen molar-refractivity contribution in [2.45, 2.75) is 24.8 Å². The molecule has 2 atom stereocenters. The fraction of sp³-hybridized carbons (Fsp3) is 0.250. The standard InChI is InChI=1S/C16H16ClN/c17-13-7-5-11(6-8-13)16-10-14(18)9-12-3-1-2-4-15(12)16/h1-8,14,16H,9-10,18H2/t14-,16-/m0/s1. The first kappa shape index (κ1) is 11.8. The van der Waals surface area contributed by atoms with Gasteiger partial charge in [-0.25, -0.2) is 0 Å². The fourth-order valence-electron chi connectivity index (χ4n) is 2.87. The highest BCUT2D eigenvalue weighted by Gasteiger charge is 2.25. The van der Waals surface area contributed by atoms with Crippen LogP contribution in [0.4, 0.5) is 0 Å². The summed E-state index contributed by atoms with van der Waals surface area (Å²) in [4.78, 5) is 0. The average Bonchev–Trinajstić information content (AvgIpc) is 2.38. The lowest BCUT2D eigenvalue weighted by atomic mass is 9.77. The monoisotopic (exact) mass is 257 g/mol. The van der Waals surface area contributed by atoms with Gasteiger partial charge in [0.15, 0.2) is 0 Å². The van der Waals surface area contributed by atoms with Crippen LogP contribution in [0.5, 0.6) is 0 Å². The van der Waals surface area contributed by atoms with Gasteiger partial charge in [-0.2, -0.15) is 0 Å². The van der Waals surface area contributed by atoms with E-state index < -0.39 is 0 Å². The largest absolute Gasteiger partial charge is 0.327 e. The van der Waals surface area contributed by atoms with Crippen LogP contribution in [0, 0.1) is 0 Å². The maximum Gasteiger partial charge on any atom is 0.0406 e. The molecule has 2 N–H and O–H groups in total. The topological polar surface area (TPSA) is 26.0 Å². The van der Waals surface area contributed by atoms with E-state index in [4.69, 9.17) is 17.3 Å². The minimum absolute atomic E-state index is 0.251. The predicted octanol–water partition coefficient (Wildman–Crippen LogP) is 3.75. The molecule has 1 aliphatic rings. The van der Waals surface area contributed by atoms with Gasteiger partial charge in [-0.15, -0.1) is 0 Å². The van der Waals surface area contributed by atoms with Crippen LogP contribution in [0.3, 0.4) is 0 Å². The third-order valence-electron chi connectivity index (χ3n) is 3.72. The fourth-order valence-corrected chi connectivity index (χ4v) is 2.99. The summed E-state index contributed by atoms with van der Waals surface area (Å²) in [5.41, 5.74) is 10.3. The van der Waals surface area contributed by atoms with Gasteiger partial charge in [0.1, 0.15) is 0 Å². The molecule has 0 bridgehead atoms. The normalized spacial score (nSPS) is 22.6. The van der Waals surface area contributed by atoms with Gasteiger partial charge < -0.3 is 5.73 Å². The van der Waals surface area contributed by atoms with Crippen LogP contribution in [0.1, 0.15) is 29.0 Å². The molecular formula is C16H16ClN. The van der Waals surface area contributed by atoms with Crippen LogP contribution in [0.2, 0.25) is 5.02 Å². The Morgan fingerprint density at radius 3 is 2.50 bits per heavy atom. The van der Waals surface area contributed by atoms with Gasteiger partial charge in [0.2, 0.25) is 0 Å². The molecule has 0 unspecified atom stereocenters. The Labute approximate surface area is 113 Å². The third-order valence-corrected chi connectivity index (χ3v) is 3.98. The first-order valence-corrected chi connectivity index (χ1v) is 6.70. The molecule has 1 nitrogen and oxygen atoms in total. The summed E-state index contributed by atoms with van der Waals surface area (Å²) >= 11 is 5.95. The molecule has 0 aromatic heterocycles. The summed E-state index contributed by atoms with van der Waals surface area (Å²) in [5.74, 6) is 0.405. The van der Waals surface area contributed by atoms with Crippen LogP contribution >= 0.6 is 11.6 Å². The third kappa shape index (κ3) is 2.16. The maximum atomic E-state index is 6.18. The highest BCUT2D eigenvalue weighted by Crippen LogP contribution is 2.36. The Morgan fingerprint density at radius 2 is 1.72 bits per heavy atom. The van der Waals surface area contributed by atoms with E-state index in [1.54, 1.807) is 0 Å². The molecule has 0 saturated heterocycles. The van der Waals surface area contributed by atoms with E-state index in [1.807, 2.05) is 12.1 Å². The summed E-state index contributed by atoms with van der Waals surface area (Å²) in [6, 6.07) is 17.0. The van der Waals surface area contributed by atoms with E-state index in [2.05, 4.69) is 36.4 Å². The molecule has 2 aromatic rings. The zero-order valence-electron chi connectivity index (χ0n) is 10.1. The summed E-state index contributed by atoms with van der Waals surface area (Å²) < 4.78 is 0. The van der Waals surface area contributed by atoms with Gasteiger partial charge in [0, 0.05) is 17.0 Å². The molecule has 0 spiro atoms. The van der Waals surface area contributed by atoms with E-state index in [0.717, 1.165) is 17.9 Å². The SMILES string of the molecule is N[C@H]1Cc2ccccc2[C@H](c2ccc(Cl)cc2)C1. The van der Waals surface area contributed by atoms with E-state index in [0.29, 0.717) is 5.92 Å². The number of benzene rings is 2. The Hall–Kier alpha value is -1.31. The molecule has 2 heteroatoms. The van der Waals surface area contributed by atoms with Gasteiger partial charge >= 0.3 is 0 Å². The molecule has 0 radical (unpaired) electrons. The van der Waals surface area contributed by atoms with Crippen LogP contribution < -0.4 is 5.73 Å². The Bertz CT molecular complexity index is 547. The quantitative estimate of drug-likeness (QED) is 0.827. The van der Waals surface area contributed by atoms with E-state index in [1.165, 1.54) is 16.7 Å². The number of nitrogens with two attached hydrogens (primary N) is 1. The Morgan fingerprint density at radius 1 is 1.00 bits per heavy atom. The molecule has 92 valence electrons. The molecule has 18 heavy (non-hydrogen) atoms. The average molecular weight is 258 g/mol.